The quantitative estimate of drug-likeness (QED) is 0.406. The van der Waals surface area contributed by atoms with E-state index in [0.29, 0.717) is 12.2 Å². The van der Waals surface area contributed by atoms with Gasteiger partial charge in [-0.3, -0.25) is 0 Å². The van der Waals surface area contributed by atoms with E-state index in [9.17, 15) is 4.79 Å². The van der Waals surface area contributed by atoms with Gasteiger partial charge in [0.1, 0.15) is 0 Å². The Labute approximate surface area is 123 Å². The lowest BCUT2D eigenvalue weighted by molar-refractivity contribution is 0.0526. The maximum Gasteiger partial charge on any atom is 0.338 e. The van der Waals surface area contributed by atoms with Crippen LogP contribution in [0, 0.1) is 13.8 Å². The molecule has 0 aliphatic rings. The van der Waals surface area contributed by atoms with Crippen molar-refractivity contribution in [2.24, 2.45) is 5.16 Å². The van der Waals surface area contributed by atoms with Crippen molar-refractivity contribution in [3.05, 3.63) is 52.8 Å². The molecule has 1 aromatic carbocycles. The number of hydrogen-bond acceptors (Lipinski definition) is 4. The highest BCUT2D eigenvalue weighted by molar-refractivity contribution is 5.90. The average molecular weight is 286 g/mol. The van der Waals surface area contributed by atoms with Gasteiger partial charge in [-0.05, 0) is 45.0 Å². The molecule has 0 fully saturated rings. The van der Waals surface area contributed by atoms with Crippen molar-refractivity contribution in [1.29, 1.82) is 0 Å². The molecule has 5 heteroatoms. The molecule has 0 unspecified atom stereocenters. The smallest absolute Gasteiger partial charge is 0.338 e. The van der Waals surface area contributed by atoms with Gasteiger partial charge in [-0.15, -0.1) is 0 Å². The summed E-state index contributed by atoms with van der Waals surface area (Å²) in [6.07, 6.45) is 1.40. The Morgan fingerprint density at radius 1 is 1.38 bits per heavy atom. The van der Waals surface area contributed by atoms with Crippen molar-refractivity contribution < 1.29 is 14.7 Å². The van der Waals surface area contributed by atoms with Crippen molar-refractivity contribution in [3.63, 3.8) is 0 Å². The van der Waals surface area contributed by atoms with Crippen molar-refractivity contribution in [1.82, 2.24) is 4.57 Å². The first kappa shape index (κ1) is 14.8. The summed E-state index contributed by atoms with van der Waals surface area (Å²) in [7, 11) is 0. The molecule has 0 aliphatic heterocycles. The van der Waals surface area contributed by atoms with Gasteiger partial charge in [-0.25, -0.2) is 4.79 Å². The number of aromatic nitrogens is 1. The van der Waals surface area contributed by atoms with Gasteiger partial charge in [0, 0.05) is 22.6 Å². The fourth-order valence-electron chi connectivity index (χ4n) is 2.36. The van der Waals surface area contributed by atoms with Crippen LogP contribution in [0.5, 0.6) is 0 Å². The van der Waals surface area contributed by atoms with Crippen LogP contribution >= 0.6 is 0 Å². The summed E-state index contributed by atoms with van der Waals surface area (Å²) in [6, 6.07) is 9.18. The van der Waals surface area contributed by atoms with Gasteiger partial charge >= 0.3 is 5.97 Å². The van der Waals surface area contributed by atoms with Crippen LogP contribution < -0.4 is 0 Å². The van der Waals surface area contributed by atoms with Crippen molar-refractivity contribution in [3.8, 4) is 5.69 Å². The van der Waals surface area contributed by atoms with Crippen LogP contribution in [0.25, 0.3) is 5.69 Å². The Morgan fingerprint density at radius 3 is 2.81 bits per heavy atom. The third-order valence-electron chi connectivity index (χ3n) is 3.28. The van der Waals surface area contributed by atoms with E-state index in [0.717, 1.165) is 22.6 Å². The van der Waals surface area contributed by atoms with E-state index in [-0.39, 0.29) is 5.97 Å². The standard InChI is InChI=1S/C16H18N2O3/c1-4-21-16(19)13-6-5-7-15(9-13)18-11(2)8-14(10-17-20)12(18)3/h5-10,20H,4H2,1-3H3/b17-10-. The maximum absolute atomic E-state index is 11.8. The van der Waals surface area contributed by atoms with Crippen molar-refractivity contribution in [2.45, 2.75) is 20.8 Å². The third-order valence-corrected chi connectivity index (χ3v) is 3.28. The first-order valence-electron chi connectivity index (χ1n) is 6.72. The molecule has 1 aromatic heterocycles. The number of esters is 1. The molecule has 0 atom stereocenters. The summed E-state index contributed by atoms with van der Waals surface area (Å²) in [5.41, 5.74) is 4.14. The van der Waals surface area contributed by atoms with Crippen LogP contribution in [-0.2, 0) is 4.74 Å². The third kappa shape index (κ3) is 2.97. The zero-order valence-electron chi connectivity index (χ0n) is 12.3. The highest BCUT2D eigenvalue weighted by Crippen LogP contribution is 2.21. The second-order valence-corrected chi connectivity index (χ2v) is 4.68. The number of aryl methyl sites for hydroxylation is 1. The van der Waals surface area contributed by atoms with Gasteiger partial charge in [-0.1, -0.05) is 11.2 Å². The van der Waals surface area contributed by atoms with Crippen LogP contribution in [0.2, 0.25) is 0 Å². The highest BCUT2D eigenvalue weighted by atomic mass is 16.5. The van der Waals surface area contributed by atoms with Gasteiger partial charge in [0.15, 0.2) is 0 Å². The molecule has 0 spiro atoms. The van der Waals surface area contributed by atoms with Crippen LogP contribution in [0.15, 0.2) is 35.5 Å². The minimum atomic E-state index is -0.334. The van der Waals surface area contributed by atoms with Gasteiger partial charge in [-0.2, -0.15) is 0 Å². The van der Waals surface area contributed by atoms with Gasteiger partial charge in [0.2, 0.25) is 0 Å². The van der Waals surface area contributed by atoms with E-state index in [1.54, 1.807) is 19.1 Å². The van der Waals surface area contributed by atoms with Crippen LogP contribution in [0.3, 0.4) is 0 Å². The molecule has 1 N–H and O–H groups in total. The van der Waals surface area contributed by atoms with E-state index in [2.05, 4.69) is 5.16 Å². The first-order valence-corrected chi connectivity index (χ1v) is 6.72. The molecule has 2 rings (SSSR count). The average Bonchev–Trinajstić information content (AvgIpc) is 2.74. The number of carbonyl (C=O) groups excluding carboxylic acids is 1. The summed E-state index contributed by atoms with van der Waals surface area (Å²) >= 11 is 0. The van der Waals surface area contributed by atoms with Crippen molar-refractivity contribution in [2.75, 3.05) is 6.61 Å². The minimum Gasteiger partial charge on any atom is -0.462 e. The fraction of sp³-hybridized carbons (Fsp3) is 0.250. The Morgan fingerprint density at radius 2 is 2.14 bits per heavy atom. The number of hydrogen-bond donors (Lipinski definition) is 1. The molecule has 0 saturated carbocycles. The normalized spacial score (nSPS) is 11.0. The lowest BCUT2D eigenvalue weighted by Crippen LogP contribution is -2.06. The summed E-state index contributed by atoms with van der Waals surface area (Å²) in [5.74, 6) is -0.334. The molecular formula is C16H18N2O3. The number of carbonyl (C=O) groups is 1. The number of nitrogens with zero attached hydrogens (tertiary/aromatic N) is 2. The van der Waals surface area contributed by atoms with Crippen LogP contribution in [-0.4, -0.2) is 28.6 Å². The molecule has 110 valence electrons. The molecule has 0 bridgehead atoms. The van der Waals surface area contributed by atoms with E-state index < -0.39 is 0 Å². The summed E-state index contributed by atoms with van der Waals surface area (Å²) in [6.45, 7) is 6.02. The van der Waals surface area contributed by atoms with Crippen LogP contribution in [0.4, 0.5) is 0 Å². The van der Waals surface area contributed by atoms with E-state index in [1.807, 2.05) is 36.6 Å². The van der Waals surface area contributed by atoms with Gasteiger partial charge < -0.3 is 14.5 Å². The molecule has 0 amide bonds. The topological polar surface area (TPSA) is 63.8 Å². The van der Waals surface area contributed by atoms with Crippen LogP contribution in [0.1, 0.15) is 34.2 Å². The second-order valence-electron chi connectivity index (χ2n) is 4.68. The Hall–Kier alpha value is -2.56. The molecule has 5 nitrogen and oxygen atoms in total. The van der Waals surface area contributed by atoms with E-state index in [1.165, 1.54) is 6.21 Å². The molecule has 21 heavy (non-hydrogen) atoms. The lowest BCUT2D eigenvalue weighted by Gasteiger charge is -2.11. The predicted molar refractivity (Wildman–Crippen MR) is 80.6 cm³/mol. The molecular weight excluding hydrogens is 268 g/mol. The number of benzene rings is 1. The summed E-state index contributed by atoms with van der Waals surface area (Å²) in [5, 5.41) is 11.8. The number of oxime groups is 1. The largest absolute Gasteiger partial charge is 0.462 e. The Kier molecular flexibility index (Phi) is 4.42. The summed E-state index contributed by atoms with van der Waals surface area (Å²) < 4.78 is 7.02. The monoisotopic (exact) mass is 286 g/mol. The lowest BCUT2D eigenvalue weighted by atomic mass is 10.2. The van der Waals surface area contributed by atoms with Crippen molar-refractivity contribution >= 4 is 12.2 Å². The number of ether oxygens (including phenoxy) is 1. The Balaban J connectivity index is 2.48. The number of rotatable bonds is 4. The zero-order valence-corrected chi connectivity index (χ0v) is 12.3. The highest BCUT2D eigenvalue weighted by Gasteiger charge is 2.12. The predicted octanol–water partition coefficient (Wildman–Crippen LogP) is 3.08. The molecule has 0 aliphatic carbocycles. The molecule has 0 radical (unpaired) electrons. The van der Waals surface area contributed by atoms with E-state index in [4.69, 9.17) is 9.94 Å². The molecule has 1 heterocycles. The van der Waals surface area contributed by atoms with Gasteiger partial charge in [0.25, 0.3) is 0 Å². The first-order chi connectivity index (χ1) is 10.1. The fourth-order valence-corrected chi connectivity index (χ4v) is 2.36. The molecule has 2 aromatic rings. The summed E-state index contributed by atoms with van der Waals surface area (Å²) in [4.78, 5) is 11.8. The SMILES string of the molecule is CCOC(=O)c1cccc(-n2c(C)cc(/C=N\O)c2C)c1. The minimum absolute atomic E-state index is 0.334. The zero-order chi connectivity index (χ0) is 15.4. The maximum atomic E-state index is 11.8. The Bertz CT molecular complexity index is 687. The van der Waals surface area contributed by atoms with Gasteiger partial charge in [0.05, 0.1) is 18.4 Å². The van der Waals surface area contributed by atoms with E-state index >= 15 is 0 Å². The molecule has 0 saturated heterocycles. The second kappa shape index (κ2) is 6.26.